The van der Waals surface area contributed by atoms with Crippen LogP contribution in [-0.4, -0.2) is 50.3 Å². The van der Waals surface area contributed by atoms with E-state index in [0.29, 0.717) is 18.4 Å². The summed E-state index contributed by atoms with van der Waals surface area (Å²) in [7, 11) is -4.11. The molecule has 1 fully saturated rings. The predicted octanol–water partition coefficient (Wildman–Crippen LogP) is 3.46. The van der Waals surface area contributed by atoms with Gasteiger partial charge >= 0.3 is 6.18 Å². The van der Waals surface area contributed by atoms with Crippen LogP contribution in [-0.2, 0) is 10.0 Å². The van der Waals surface area contributed by atoms with Crippen molar-refractivity contribution < 1.29 is 35.6 Å². The van der Waals surface area contributed by atoms with Gasteiger partial charge in [0.25, 0.3) is 11.8 Å². The van der Waals surface area contributed by atoms with E-state index in [2.05, 4.69) is 5.32 Å². The summed E-state index contributed by atoms with van der Waals surface area (Å²) in [5.74, 6) is -2.75. The van der Waals surface area contributed by atoms with Crippen LogP contribution >= 0.6 is 0 Å². The first-order valence-electron chi connectivity index (χ1n) is 9.95. The molecule has 1 saturated heterocycles. The number of carbonyl (C=O) groups is 2. The van der Waals surface area contributed by atoms with E-state index >= 15 is 0 Å². The number of carbonyl (C=O) groups excluding carboxylic acids is 2. The number of nitrogens with one attached hydrogen (secondary N) is 2. The van der Waals surface area contributed by atoms with Crippen LogP contribution in [0.1, 0.15) is 39.1 Å². The van der Waals surface area contributed by atoms with Crippen molar-refractivity contribution in [1.82, 2.24) is 9.62 Å². The van der Waals surface area contributed by atoms with Crippen molar-refractivity contribution in [1.29, 1.82) is 0 Å². The minimum Gasteiger partial charge on any atom is -0.343 e. The Morgan fingerprint density at radius 2 is 1.61 bits per heavy atom. The SMILES string of the molecule is Cc1ccc(C(=O)NCC(F)(F)F)cc1NC(=O)c1ccc(F)c(S(=O)(=O)N2CCCC2)c1. The van der Waals surface area contributed by atoms with Gasteiger partial charge in [0, 0.05) is 29.9 Å². The quantitative estimate of drug-likeness (QED) is 0.610. The molecule has 178 valence electrons. The summed E-state index contributed by atoms with van der Waals surface area (Å²) in [6, 6.07) is 6.87. The van der Waals surface area contributed by atoms with Gasteiger partial charge in [0.15, 0.2) is 0 Å². The Morgan fingerprint density at radius 1 is 1.00 bits per heavy atom. The van der Waals surface area contributed by atoms with Crippen molar-refractivity contribution in [3.8, 4) is 0 Å². The molecule has 1 aliphatic rings. The molecule has 0 unspecified atom stereocenters. The van der Waals surface area contributed by atoms with Crippen molar-refractivity contribution in [2.75, 3.05) is 25.0 Å². The first-order chi connectivity index (χ1) is 15.4. The summed E-state index contributed by atoms with van der Waals surface area (Å²) in [4.78, 5) is 24.1. The summed E-state index contributed by atoms with van der Waals surface area (Å²) in [5.41, 5.74) is 0.382. The predicted molar refractivity (Wildman–Crippen MR) is 112 cm³/mol. The number of halogens is 4. The first-order valence-corrected chi connectivity index (χ1v) is 11.4. The van der Waals surface area contributed by atoms with Crippen LogP contribution in [0.2, 0.25) is 0 Å². The number of anilines is 1. The Bertz CT molecular complexity index is 1180. The number of aryl methyl sites for hydroxylation is 1. The molecule has 2 aromatic carbocycles. The summed E-state index contributed by atoms with van der Waals surface area (Å²) in [6.45, 7) is 0.618. The highest BCUT2D eigenvalue weighted by atomic mass is 32.2. The second-order valence-corrected chi connectivity index (χ2v) is 9.44. The van der Waals surface area contributed by atoms with Gasteiger partial charge in [0.1, 0.15) is 17.3 Å². The molecule has 1 aliphatic heterocycles. The van der Waals surface area contributed by atoms with E-state index in [4.69, 9.17) is 0 Å². The fraction of sp³-hybridized carbons (Fsp3) is 0.333. The number of sulfonamides is 1. The lowest BCUT2D eigenvalue weighted by atomic mass is 10.1. The molecule has 1 heterocycles. The summed E-state index contributed by atoms with van der Waals surface area (Å²) in [5, 5.41) is 4.23. The molecule has 0 bridgehead atoms. The summed E-state index contributed by atoms with van der Waals surface area (Å²) < 4.78 is 77.9. The van der Waals surface area contributed by atoms with E-state index in [9.17, 15) is 35.6 Å². The van der Waals surface area contributed by atoms with Crippen molar-refractivity contribution in [2.24, 2.45) is 0 Å². The average molecular weight is 487 g/mol. The molecule has 3 rings (SSSR count). The lowest BCUT2D eigenvalue weighted by Crippen LogP contribution is -2.33. The maximum atomic E-state index is 14.3. The molecule has 0 aromatic heterocycles. The van der Waals surface area contributed by atoms with Gasteiger partial charge in [-0.25, -0.2) is 12.8 Å². The van der Waals surface area contributed by atoms with Gasteiger partial charge in [0.05, 0.1) is 0 Å². The molecule has 2 N–H and O–H groups in total. The summed E-state index contributed by atoms with van der Waals surface area (Å²) in [6.07, 6.45) is -3.26. The zero-order valence-electron chi connectivity index (χ0n) is 17.5. The van der Waals surface area contributed by atoms with Crippen molar-refractivity contribution >= 4 is 27.5 Å². The molecule has 2 aromatic rings. The highest BCUT2D eigenvalue weighted by molar-refractivity contribution is 7.89. The molecule has 2 amide bonds. The van der Waals surface area contributed by atoms with Gasteiger partial charge in [-0.3, -0.25) is 9.59 Å². The second-order valence-electron chi connectivity index (χ2n) is 7.54. The van der Waals surface area contributed by atoms with Crippen LogP contribution in [0, 0.1) is 12.7 Å². The average Bonchev–Trinajstić information content (AvgIpc) is 3.29. The Hall–Kier alpha value is -2.99. The van der Waals surface area contributed by atoms with Crippen molar-refractivity contribution in [2.45, 2.75) is 30.8 Å². The van der Waals surface area contributed by atoms with Gasteiger partial charge in [-0.15, -0.1) is 0 Å². The molecule has 0 spiro atoms. The molecular weight excluding hydrogens is 466 g/mol. The number of benzene rings is 2. The smallest absolute Gasteiger partial charge is 0.343 e. The Morgan fingerprint density at radius 3 is 2.24 bits per heavy atom. The van der Waals surface area contributed by atoms with E-state index < -0.39 is 45.3 Å². The zero-order valence-corrected chi connectivity index (χ0v) is 18.3. The van der Waals surface area contributed by atoms with Crippen LogP contribution in [0.25, 0.3) is 0 Å². The standard InChI is InChI=1S/C21H21F4N3O4S/c1-13-4-5-14(19(29)26-12-21(23,24)25)10-17(13)27-20(30)15-6-7-16(22)18(11-15)33(31,32)28-8-2-3-9-28/h4-7,10-11H,2-3,8-9,12H2,1H3,(H,26,29)(H,27,30). The number of alkyl halides is 3. The van der Waals surface area contributed by atoms with Gasteiger partial charge in [-0.1, -0.05) is 6.07 Å². The monoisotopic (exact) mass is 487 g/mol. The molecule has 12 heteroatoms. The van der Waals surface area contributed by atoms with Crippen LogP contribution < -0.4 is 10.6 Å². The fourth-order valence-corrected chi connectivity index (χ4v) is 4.89. The number of amides is 2. The Balaban J connectivity index is 1.82. The van der Waals surface area contributed by atoms with E-state index in [1.807, 2.05) is 0 Å². The second kappa shape index (κ2) is 9.48. The zero-order chi connectivity index (χ0) is 24.4. The van der Waals surface area contributed by atoms with Gasteiger partial charge < -0.3 is 10.6 Å². The van der Waals surface area contributed by atoms with E-state index in [1.54, 1.807) is 12.2 Å². The maximum absolute atomic E-state index is 14.3. The molecule has 0 aliphatic carbocycles. The van der Waals surface area contributed by atoms with Crippen LogP contribution in [0.3, 0.4) is 0 Å². The van der Waals surface area contributed by atoms with Gasteiger partial charge in [-0.2, -0.15) is 17.5 Å². The normalized spacial score (nSPS) is 14.8. The lowest BCUT2D eigenvalue weighted by Gasteiger charge is -2.17. The van der Waals surface area contributed by atoms with Crippen LogP contribution in [0.5, 0.6) is 0 Å². The number of hydrogen-bond donors (Lipinski definition) is 2. The molecule has 7 nitrogen and oxygen atoms in total. The van der Waals surface area contributed by atoms with Crippen molar-refractivity contribution in [3.05, 3.63) is 58.9 Å². The Labute approximate surface area is 187 Å². The maximum Gasteiger partial charge on any atom is 0.405 e. The highest BCUT2D eigenvalue weighted by Crippen LogP contribution is 2.25. The summed E-state index contributed by atoms with van der Waals surface area (Å²) >= 11 is 0. The lowest BCUT2D eigenvalue weighted by molar-refractivity contribution is -0.123. The molecule has 0 radical (unpaired) electrons. The number of hydrogen-bond acceptors (Lipinski definition) is 4. The van der Waals surface area contributed by atoms with E-state index in [0.717, 1.165) is 22.5 Å². The largest absolute Gasteiger partial charge is 0.405 e. The number of nitrogens with zero attached hydrogens (tertiary/aromatic N) is 1. The van der Waals surface area contributed by atoms with Gasteiger partial charge in [-0.05, 0) is 55.7 Å². The third kappa shape index (κ3) is 5.88. The topological polar surface area (TPSA) is 95.6 Å². The Kier molecular flexibility index (Phi) is 7.08. The highest BCUT2D eigenvalue weighted by Gasteiger charge is 2.31. The fourth-order valence-electron chi connectivity index (χ4n) is 3.28. The molecule has 0 atom stereocenters. The molecular formula is C21H21F4N3O4S. The van der Waals surface area contributed by atoms with E-state index in [-0.39, 0.29) is 29.9 Å². The molecule has 33 heavy (non-hydrogen) atoms. The van der Waals surface area contributed by atoms with Crippen LogP contribution in [0.4, 0.5) is 23.2 Å². The third-order valence-corrected chi connectivity index (χ3v) is 6.99. The van der Waals surface area contributed by atoms with Gasteiger partial charge in [0.2, 0.25) is 10.0 Å². The molecule has 0 saturated carbocycles. The first kappa shape index (κ1) is 24.6. The number of rotatable bonds is 6. The van der Waals surface area contributed by atoms with Crippen LogP contribution in [0.15, 0.2) is 41.3 Å². The minimum atomic E-state index is -4.58. The van der Waals surface area contributed by atoms with Crippen molar-refractivity contribution in [3.63, 3.8) is 0 Å². The minimum absolute atomic E-state index is 0.114. The third-order valence-electron chi connectivity index (χ3n) is 5.07. The van der Waals surface area contributed by atoms with E-state index in [1.165, 1.54) is 18.2 Å².